The summed E-state index contributed by atoms with van der Waals surface area (Å²) < 4.78 is 68.4. The van der Waals surface area contributed by atoms with Gasteiger partial charge in [0.05, 0.1) is 35.9 Å². The first kappa shape index (κ1) is 28.9. The molecule has 3 aromatic rings. The molecule has 3 aromatic heterocycles. The minimum atomic E-state index is -4.49. The van der Waals surface area contributed by atoms with Gasteiger partial charge in [0.25, 0.3) is 10.0 Å². The first-order chi connectivity index (χ1) is 19.5. The van der Waals surface area contributed by atoms with E-state index in [1.807, 2.05) is 18.3 Å². The number of hydrogen-bond acceptors (Lipinski definition) is 9. The third kappa shape index (κ3) is 6.51. The summed E-state index contributed by atoms with van der Waals surface area (Å²) in [4.78, 5) is 14.3. The predicted molar refractivity (Wildman–Crippen MR) is 147 cm³/mol. The second-order valence-corrected chi connectivity index (χ2v) is 12.9. The Bertz CT molecular complexity index is 1600. The average molecular weight is 605 g/mol. The Morgan fingerprint density at radius 3 is 2.51 bits per heavy atom. The number of allylic oxidation sites excluding steroid dienone is 4. The van der Waals surface area contributed by atoms with Crippen LogP contribution in [0.5, 0.6) is 0 Å². The maximum Gasteiger partial charge on any atom is 0.417 e. The van der Waals surface area contributed by atoms with Crippen LogP contribution in [0.2, 0.25) is 0 Å². The van der Waals surface area contributed by atoms with E-state index in [0.29, 0.717) is 38.9 Å². The van der Waals surface area contributed by atoms with Gasteiger partial charge in [-0.1, -0.05) is 17.4 Å². The van der Waals surface area contributed by atoms with Crippen LogP contribution in [0.1, 0.15) is 37.1 Å². The number of alkyl halides is 3. The highest BCUT2D eigenvalue weighted by molar-refractivity contribution is 7.91. The van der Waals surface area contributed by atoms with Crippen LogP contribution in [-0.2, 0) is 22.7 Å². The Hall–Kier alpha value is -3.58. The fraction of sp³-hybridized carbons (Fsp3) is 0.385. The van der Waals surface area contributed by atoms with Crippen LogP contribution in [0, 0.1) is 11.3 Å². The molecule has 4 heterocycles. The molecule has 2 aliphatic rings. The minimum Gasteiger partial charge on any atom is -0.326 e. The maximum atomic E-state index is 13.3. The molecule has 0 saturated carbocycles. The number of imidazole rings is 1. The van der Waals surface area contributed by atoms with Crippen molar-refractivity contribution in [2.45, 2.75) is 42.7 Å². The molecule has 1 saturated heterocycles. The predicted octanol–water partition coefficient (Wildman–Crippen LogP) is 4.73. The molecule has 5 rings (SSSR count). The number of nitriles is 1. The van der Waals surface area contributed by atoms with Gasteiger partial charge >= 0.3 is 6.18 Å². The van der Waals surface area contributed by atoms with E-state index < -0.39 is 21.8 Å². The second kappa shape index (κ2) is 11.7. The Kier molecular flexibility index (Phi) is 8.28. The van der Waals surface area contributed by atoms with Crippen molar-refractivity contribution in [1.82, 2.24) is 28.7 Å². The van der Waals surface area contributed by atoms with E-state index in [9.17, 15) is 21.6 Å². The number of nitrogens with zero attached hydrogens (tertiary/aromatic N) is 7. The molecule has 41 heavy (non-hydrogen) atoms. The molecule has 0 aromatic carbocycles. The summed E-state index contributed by atoms with van der Waals surface area (Å²) in [6.45, 7) is 4.42. The zero-order valence-corrected chi connectivity index (χ0v) is 23.7. The summed E-state index contributed by atoms with van der Waals surface area (Å²) in [5, 5.41) is 12.1. The van der Waals surface area contributed by atoms with E-state index in [2.05, 4.69) is 42.7 Å². The molecular weight excluding hydrogens is 577 g/mol. The highest BCUT2D eigenvalue weighted by Crippen LogP contribution is 2.32. The molecule has 0 radical (unpaired) electrons. The van der Waals surface area contributed by atoms with Crippen LogP contribution in [-0.4, -0.2) is 63.3 Å². The van der Waals surface area contributed by atoms with Gasteiger partial charge in [0.15, 0.2) is 9.34 Å². The normalized spacial score (nSPS) is 17.9. The van der Waals surface area contributed by atoms with E-state index in [1.54, 1.807) is 6.33 Å². The van der Waals surface area contributed by atoms with Crippen molar-refractivity contribution < 1.29 is 21.6 Å². The zero-order valence-electron chi connectivity index (χ0n) is 22.0. The summed E-state index contributed by atoms with van der Waals surface area (Å²) in [5.74, 6) is 0.127. The Balaban J connectivity index is 1.18. The number of hydrogen-bond donors (Lipinski definition) is 1. The van der Waals surface area contributed by atoms with Gasteiger partial charge in [-0.05, 0) is 43.5 Å². The number of nitrogens with one attached hydrogen (secondary N) is 1. The summed E-state index contributed by atoms with van der Waals surface area (Å²) >= 11 is 0.896. The number of piperazine rings is 1. The number of sulfonamides is 1. The monoisotopic (exact) mass is 604 g/mol. The van der Waals surface area contributed by atoms with Gasteiger partial charge < -0.3 is 9.88 Å². The third-order valence-electron chi connectivity index (χ3n) is 7.15. The molecule has 1 fully saturated rings. The van der Waals surface area contributed by atoms with Crippen molar-refractivity contribution in [1.29, 1.82) is 5.26 Å². The van der Waals surface area contributed by atoms with Gasteiger partial charge in [0, 0.05) is 50.7 Å². The Labute approximate surface area is 239 Å². The molecule has 1 aliphatic carbocycles. The molecule has 10 nitrogen and oxygen atoms in total. The summed E-state index contributed by atoms with van der Waals surface area (Å²) in [7, 11) is -3.79. The lowest BCUT2D eigenvalue weighted by Crippen LogP contribution is -2.48. The number of anilines is 2. The lowest BCUT2D eigenvalue weighted by atomic mass is 9.94. The fourth-order valence-corrected chi connectivity index (χ4v) is 7.36. The van der Waals surface area contributed by atoms with Gasteiger partial charge in [-0.2, -0.15) is 22.7 Å². The summed E-state index contributed by atoms with van der Waals surface area (Å²) in [6, 6.07) is 4.36. The second-order valence-electron chi connectivity index (χ2n) is 9.73. The fourth-order valence-electron chi connectivity index (χ4n) is 4.74. The topological polar surface area (TPSA) is 120 Å². The van der Waals surface area contributed by atoms with Crippen molar-refractivity contribution in [3.63, 3.8) is 0 Å². The van der Waals surface area contributed by atoms with Crippen molar-refractivity contribution in [2.75, 3.05) is 31.5 Å². The summed E-state index contributed by atoms with van der Waals surface area (Å²) in [6.07, 6.45) is 6.54. The molecule has 1 N–H and O–H groups in total. The first-order valence-corrected chi connectivity index (χ1v) is 15.1. The molecule has 0 spiro atoms. The van der Waals surface area contributed by atoms with Crippen LogP contribution >= 0.6 is 11.3 Å². The quantitative estimate of drug-likeness (QED) is 0.392. The average Bonchev–Trinajstić information content (AvgIpc) is 3.63. The van der Waals surface area contributed by atoms with Crippen LogP contribution in [0.25, 0.3) is 0 Å². The molecule has 0 bridgehead atoms. The maximum absolute atomic E-state index is 13.3. The molecular formula is C26H27F3N8O2S2. The van der Waals surface area contributed by atoms with Crippen LogP contribution in [0.4, 0.5) is 24.1 Å². The van der Waals surface area contributed by atoms with E-state index in [1.165, 1.54) is 16.1 Å². The largest absolute Gasteiger partial charge is 0.417 e. The smallest absolute Gasteiger partial charge is 0.326 e. The van der Waals surface area contributed by atoms with Crippen LogP contribution in [0.15, 0.2) is 64.6 Å². The lowest BCUT2D eigenvalue weighted by Gasteiger charge is -2.34. The first-order valence-electron chi connectivity index (χ1n) is 12.8. The highest BCUT2D eigenvalue weighted by atomic mass is 32.2. The third-order valence-corrected chi connectivity index (χ3v) is 10.4. The SMILES string of the molecule is C[C@H](C1=CC=C(C#N)CC1)n1cncc1CN1CCN(S(=O)(=O)c2cnc(Nc3ccc(C(F)(F)F)cn3)s2)CC1. The molecule has 15 heteroatoms. The van der Waals surface area contributed by atoms with Crippen molar-refractivity contribution in [3.8, 4) is 6.07 Å². The molecule has 0 unspecified atom stereocenters. The van der Waals surface area contributed by atoms with E-state index in [4.69, 9.17) is 5.26 Å². The standard InChI is InChI=1S/C26H27F3N8O2S2/c1-18(20-4-2-19(12-30)3-5-20)37-17-31-14-22(37)16-35-8-10-36(11-9-35)41(38,39)24-15-33-25(40-24)34-23-7-6-21(13-32-23)26(27,28)29/h2,4,6-7,13-15,17-18H,3,5,8-11,16H2,1H3,(H,32,33,34)/t18-/m1/s1. The van der Waals surface area contributed by atoms with Crippen LogP contribution in [0.3, 0.4) is 0 Å². The van der Waals surface area contributed by atoms with Gasteiger partial charge in [-0.3, -0.25) is 4.90 Å². The minimum absolute atomic E-state index is 0.0432. The number of halogens is 3. The van der Waals surface area contributed by atoms with Gasteiger partial charge in [0.1, 0.15) is 5.82 Å². The zero-order chi connectivity index (χ0) is 29.2. The van der Waals surface area contributed by atoms with Crippen molar-refractivity contribution in [3.05, 3.63) is 71.6 Å². The number of pyridine rings is 1. The number of thiazole rings is 1. The van der Waals surface area contributed by atoms with E-state index in [-0.39, 0.29) is 21.2 Å². The van der Waals surface area contributed by atoms with E-state index in [0.717, 1.165) is 47.6 Å². The Morgan fingerprint density at radius 2 is 1.88 bits per heavy atom. The lowest BCUT2D eigenvalue weighted by molar-refractivity contribution is -0.137. The van der Waals surface area contributed by atoms with Crippen LogP contribution < -0.4 is 5.32 Å². The van der Waals surface area contributed by atoms with Crippen molar-refractivity contribution in [2.24, 2.45) is 0 Å². The Morgan fingerprint density at radius 1 is 1.10 bits per heavy atom. The number of rotatable bonds is 8. The van der Waals surface area contributed by atoms with Gasteiger partial charge in [-0.15, -0.1) is 0 Å². The van der Waals surface area contributed by atoms with E-state index >= 15 is 0 Å². The molecule has 216 valence electrons. The summed E-state index contributed by atoms with van der Waals surface area (Å²) in [5.41, 5.74) is 2.16. The van der Waals surface area contributed by atoms with Gasteiger partial charge in [0.2, 0.25) is 0 Å². The van der Waals surface area contributed by atoms with Crippen molar-refractivity contribution >= 4 is 32.3 Å². The molecule has 1 atom stereocenters. The molecule has 1 aliphatic heterocycles. The highest BCUT2D eigenvalue weighted by Gasteiger charge is 2.32. The molecule has 0 amide bonds. The number of aromatic nitrogens is 4. The van der Waals surface area contributed by atoms with Gasteiger partial charge in [-0.25, -0.2) is 23.4 Å².